The van der Waals surface area contributed by atoms with Gasteiger partial charge in [-0.2, -0.15) is 0 Å². The van der Waals surface area contributed by atoms with Crippen LogP contribution in [0.2, 0.25) is 0 Å². The van der Waals surface area contributed by atoms with Gasteiger partial charge in [0.25, 0.3) is 0 Å². The topological polar surface area (TPSA) is 26.0 Å². The molecule has 0 unspecified atom stereocenters. The van der Waals surface area contributed by atoms with Crippen LogP contribution in [0.3, 0.4) is 0 Å². The molecule has 0 aliphatic heterocycles. The lowest BCUT2D eigenvalue weighted by molar-refractivity contribution is 0.583. The minimum atomic E-state index is -0.191. The van der Waals surface area contributed by atoms with Gasteiger partial charge >= 0.3 is 0 Å². The van der Waals surface area contributed by atoms with Crippen LogP contribution in [0.1, 0.15) is 30.9 Å². The second kappa shape index (κ2) is 4.76. The van der Waals surface area contributed by atoms with E-state index in [4.69, 9.17) is 5.73 Å². The molecule has 3 heteroatoms. The van der Waals surface area contributed by atoms with Crippen molar-refractivity contribution >= 4 is 12.4 Å². The molecule has 1 atom stereocenters. The van der Waals surface area contributed by atoms with Gasteiger partial charge in [-0.3, -0.25) is 0 Å². The third-order valence-corrected chi connectivity index (χ3v) is 2.56. The molecule has 1 nitrogen and oxygen atoms in total. The van der Waals surface area contributed by atoms with Crippen LogP contribution in [0.4, 0.5) is 4.39 Å². The fourth-order valence-electron chi connectivity index (χ4n) is 1.59. The molecule has 0 aromatic heterocycles. The zero-order valence-corrected chi connectivity index (χ0v) is 8.77. The number of nitrogens with two attached hydrogens (primary N) is 1. The zero-order valence-electron chi connectivity index (χ0n) is 7.95. The molecule has 2 N–H and O–H groups in total. The van der Waals surface area contributed by atoms with Crippen molar-refractivity contribution in [2.75, 3.05) is 0 Å². The zero-order chi connectivity index (χ0) is 9.26. The van der Waals surface area contributed by atoms with Gasteiger partial charge in [-0.05, 0) is 30.0 Å². The van der Waals surface area contributed by atoms with Gasteiger partial charge in [0.1, 0.15) is 5.82 Å². The van der Waals surface area contributed by atoms with Gasteiger partial charge in [0.15, 0.2) is 0 Å². The summed E-state index contributed by atoms with van der Waals surface area (Å²) in [5.74, 6) is 0.599. The van der Waals surface area contributed by atoms with Gasteiger partial charge in [0.2, 0.25) is 0 Å². The van der Waals surface area contributed by atoms with E-state index < -0.39 is 0 Å². The summed E-state index contributed by atoms with van der Waals surface area (Å²) in [7, 11) is 0. The third-order valence-electron chi connectivity index (χ3n) is 2.56. The SMILES string of the molecule is Cl.N[C@H](CC1CC1)c1cccc(F)c1. The molecule has 14 heavy (non-hydrogen) atoms. The largest absolute Gasteiger partial charge is 0.324 e. The highest BCUT2D eigenvalue weighted by molar-refractivity contribution is 5.85. The van der Waals surface area contributed by atoms with Crippen LogP contribution in [0.15, 0.2) is 24.3 Å². The van der Waals surface area contributed by atoms with Crippen LogP contribution in [0.5, 0.6) is 0 Å². The van der Waals surface area contributed by atoms with Crippen LogP contribution < -0.4 is 5.73 Å². The van der Waals surface area contributed by atoms with Gasteiger partial charge in [0.05, 0.1) is 0 Å². The maximum atomic E-state index is 12.8. The van der Waals surface area contributed by atoms with Crippen LogP contribution in [-0.2, 0) is 0 Å². The van der Waals surface area contributed by atoms with Gasteiger partial charge < -0.3 is 5.73 Å². The van der Waals surface area contributed by atoms with Crippen LogP contribution in [-0.4, -0.2) is 0 Å². The van der Waals surface area contributed by atoms with Crippen LogP contribution in [0, 0.1) is 11.7 Å². The van der Waals surface area contributed by atoms with E-state index in [0.717, 1.165) is 17.9 Å². The molecule has 0 spiro atoms. The van der Waals surface area contributed by atoms with Gasteiger partial charge in [-0.1, -0.05) is 25.0 Å². The van der Waals surface area contributed by atoms with Crippen molar-refractivity contribution in [1.82, 2.24) is 0 Å². The Hall–Kier alpha value is -0.600. The third kappa shape index (κ3) is 2.96. The summed E-state index contributed by atoms with van der Waals surface area (Å²) in [4.78, 5) is 0. The van der Waals surface area contributed by atoms with Crippen molar-refractivity contribution in [1.29, 1.82) is 0 Å². The Morgan fingerprint density at radius 2 is 2.14 bits per heavy atom. The highest BCUT2D eigenvalue weighted by Crippen LogP contribution is 2.36. The summed E-state index contributed by atoms with van der Waals surface area (Å²) in [5.41, 5.74) is 6.86. The summed E-state index contributed by atoms with van der Waals surface area (Å²) >= 11 is 0. The molecule has 78 valence electrons. The predicted molar refractivity (Wildman–Crippen MR) is 57.9 cm³/mol. The Morgan fingerprint density at radius 3 is 2.71 bits per heavy atom. The normalized spacial score (nSPS) is 17.3. The molecular weight excluding hydrogens is 201 g/mol. The summed E-state index contributed by atoms with van der Waals surface area (Å²) in [6.07, 6.45) is 3.59. The predicted octanol–water partition coefficient (Wildman–Crippen LogP) is 3.05. The molecule has 1 aromatic carbocycles. The first-order chi connectivity index (χ1) is 6.25. The van der Waals surface area contributed by atoms with Crippen molar-refractivity contribution in [3.05, 3.63) is 35.6 Å². The second-order valence-corrected chi connectivity index (χ2v) is 3.84. The quantitative estimate of drug-likeness (QED) is 0.824. The Labute approximate surface area is 89.9 Å². The standard InChI is InChI=1S/C11H14FN.ClH/c12-10-3-1-2-9(7-10)11(13)6-8-4-5-8;/h1-3,7-8,11H,4-6,13H2;1H/t11-;/m1./s1. The van der Waals surface area contributed by atoms with E-state index in [2.05, 4.69) is 0 Å². The minimum Gasteiger partial charge on any atom is -0.324 e. The van der Waals surface area contributed by atoms with E-state index >= 15 is 0 Å². The molecule has 1 fully saturated rings. The summed E-state index contributed by atoms with van der Waals surface area (Å²) in [6.45, 7) is 0. The highest BCUT2D eigenvalue weighted by Gasteiger charge is 2.24. The lowest BCUT2D eigenvalue weighted by atomic mass is 10.0. The molecule has 1 aliphatic rings. The van der Waals surface area contributed by atoms with E-state index in [1.807, 2.05) is 6.07 Å². The van der Waals surface area contributed by atoms with Gasteiger partial charge in [-0.25, -0.2) is 4.39 Å². The van der Waals surface area contributed by atoms with Crippen molar-refractivity contribution in [2.45, 2.75) is 25.3 Å². The molecule has 2 rings (SSSR count). The molecule has 0 heterocycles. The molecule has 1 saturated carbocycles. The molecule has 1 aliphatic carbocycles. The second-order valence-electron chi connectivity index (χ2n) is 3.84. The van der Waals surface area contributed by atoms with Crippen LogP contribution >= 0.6 is 12.4 Å². The van der Waals surface area contributed by atoms with E-state index in [1.165, 1.54) is 25.0 Å². The van der Waals surface area contributed by atoms with Crippen molar-refractivity contribution in [2.24, 2.45) is 11.7 Å². The van der Waals surface area contributed by atoms with Crippen LogP contribution in [0.25, 0.3) is 0 Å². The molecule has 0 saturated heterocycles. The minimum absolute atomic E-state index is 0. The van der Waals surface area contributed by atoms with E-state index in [9.17, 15) is 4.39 Å². The number of halogens is 2. The average molecular weight is 216 g/mol. The van der Waals surface area contributed by atoms with Gasteiger partial charge in [0, 0.05) is 6.04 Å². The Kier molecular flexibility index (Phi) is 3.90. The number of hydrogen-bond acceptors (Lipinski definition) is 1. The first kappa shape index (κ1) is 11.5. The van der Waals surface area contributed by atoms with Crippen molar-refractivity contribution < 1.29 is 4.39 Å². The molecule has 0 radical (unpaired) electrons. The number of hydrogen-bond donors (Lipinski definition) is 1. The van der Waals surface area contributed by atoms with E-state index in [-0.39, 0.29) is 24.3 Å². The Morgan fingerprint density at radius 1 is 1.43 bits per heavy atom. The average Bonchev–Trinajstić information content (AvgIpc) is 2.88. The highest BCUT2D eigenvalue weighted by atomic mass is 35.5. The Balaban J connectivity index is 0.000000980. The molecule has 0 amide bonds. The monoisotopic (exact) mass is 215 g/mol. The maximum Gasteiger partial charge on any atom is 0.123 e. The summed E-state index contributed by atoms with van der Waals surface area (Å²) in [5, 5.41) is 0. The number of benzene rings is 1. The maximum absolute atomic E-state index is 12.8. The van der Waals surface area contributed by atoms with Gasteiger partial charge in [-0.15, -0.1) is 12.4 Å². The van der Waals surface area contributed by atoms with Crippen molar-refractivity contribution in [3.8, 4) is 0 Å². The molecule has 0 bridgehead atoms. The first-order valence-electron chi connectivity index (χ1n) is 4.77. The number of rotatable bonds is 3. The summed E-state index contributed by atoms with van der Waals surface area (Å²) in [6, 6.07) is 6.62. The van der Waals surface area contributed by atoms with E-state index in [0.29, 0.717) is 0 Å². The lowest BCUT2D eigenvalue weighted by Crippen LogP contribution is -2.10. The molecule has 1 aromatic rings. The fourth-order valence-corrected chi connectivity index (χ4v) is 1.59. The smallest absolute Gasteiger partial charge is 0.123 e. The Bertz CT molecular complexity index is 299. The fraction of sp³-hybridized carbons (Fsp3) is 0.455. The van der Waals surface area contributed by atoms with E-state index in [1.54, 1.807) is 6.07 Å². The first-order valence-corrected chi connectivity index (χ1v) is 4.77. The lowest BCUT2D eigenvalue weighted by Gasteiger charge is -2.10. The summed E-state index contributed by atoms with van der Waals surface area (Å²) < 4.78 is 12.8. The van der Waals surface area contributed by atoms with Crippen molar-refractivity contribution in [3.63, 3.8) is 0 Å². The molecular formula is C11H15ClFN.